The number of likely N-dealkylation sites (tertiary alicyclic amines) is 1. The minimum Gasteiger partial charge on any atom is -0.480 e. The molecule has 3 N–H and O–H groups in total. The summed E-state index contributed by atoms with van der Waals surface area (Å²) >= 11 is 0. The summed E-state index contributed by atoms with van der Waals surface area (Å²) in [5.74, 6) is -3.56. The van der Waals surface area contributed by atoms with Gasteiger partial charge >= 0.3 is 5.97 Å². The van der Waals surface area contributed by atoms with E-state index in [1.54, 1.807) is 0 Å². The van der Waals surface area contributed by atoms with Gasteiger partial charge in [-0.3, -0.25) is 9.59 Å². The molecule has 2 rings (SSSR count). The van der Waals surface area contributed by atoms with Gasteiger partial charge < -0.3 is 15.7 Å². The molecule has 1 heterocycles. The number of rotatable bonds is 2. The number of carboxylic acids is 1. The third-order valence-electron chi connectivity index (χ3n) is 3.17. The summed E-state index contributed by atoms with van der Waals surface area (Å²) in [5.41, 5.74) is 3.66. The number of carbonyl (C=O) groups excluding carboxylic acids is 1. The number of amides is 1. The van der Waals surface area contributed by atoms with Crippen LogP contribution in [-0.2, 0) is 4.79 Å². The Hall–Kier alpha value is -2.02. The van der Waals surface area contributed by atoms with Gasteiger partial charge in [0.05, 0.1) is 5.56 Å². The van der Waals surface area contributed by atoms with Crippen molar-refractivity contribution in [3.8, 4) is 0 Å². The van der Waals surface area contributed by atoms with E-state index in [-0.39, 0.29) is 19.5 Å². The molecular weight excluding hydrogens is 258 g/mol. The van der Waals surface area contributed by atoms with Crippen LogP contribution >= 0.6 is 0 Å². The van der Waals surface area contributed by atoms with Gasteiger partial charge in [0.25, 0.3) is 5.91 Å². The molecule has 1 aliphatic rings. The Morgan fingerprint density at radius 3 is 2.63 bits per heavy atom. The molecule has 5 nitrogen and oxygen atoms in total. The van der Waals surface area contributed by atoms with Gasteiger partial charge in [-0.15, -0.1) is 0 Å². The monoisotopic (exact) mass is 270 g/mol. The average Bonchev–Trinajstić information content (AvgIpc) is 2.76. The molecular formula is C12H12F2N2O3. The van der Waals surface area contributed by atoms with Gasteiger partial charge in [-0.05, 0) is 24.6 Å². The Kier molecular flexibility index (Phi) is 3.23. The molecule has 19 heavy (non-hydrogen) atoms. The second-order valence-electron chi connectivity index (χ2n) is 4.56. The molecule has 1 amide bonds. The van der Waals surface area contributed by atoms with E-state index in [0.717, 1.165) is 23.1 Å². The Bertz CT molecular complexity index is 550. The summed E-state index contributed by atoms with van der Waals surface area (Å²) in [7, 11) is 0. The van der Waals surface area contributed by atoms with Crippen LogP contribution in [-0.4, -0.2) is 40.5 Å². The molecule has 1 aliphatic heterocycles. The standard InChI is InChI=1S/C12H12F2N2O3/c13-7-1-2-9(14)8(5-7)10(17)16-4-3-12(15,6-16)11(18)19/h1-2,5H,3-4,6,15H2,(H,18,19). The average molecular weight is 270 g/mol. The molecule has 0 aromatic heterocycles. The summed E-state index contributed by atoms with van der Waals surface area (Å²) in [4.78, 5) is 24.1. The van der Waals surface area contributed by atoms with Crippen LogP contribution in [0, 0.1) is 11.6 Å². The van der Waals surface area contributed by atoms with Gasteiger partial charge in [0.1, 0.15) is 17.2 Å². The summed E-state index contributed by atoms with van der Waals surface area (Å²) in [6.07, 6.45) is 0.0744. The highest BCUT2D eigenvalue weighted by molar-refractivity contribution is 5.95. The number of nitrogens with zero attached hydrogens (tertiary/aromatic N) is 1. The predicted molar refractivity (Wildman–Crippen MR) is 61.4 cm³/mol. The number of halogens is 2. The molecule has 0 saturated carbocycles. The van der Waals surface area contributed by atoms with Crippen molar-refractivity contribution in [3.05, 3.63) is 35.4 Å². The van der Waals surface area contributed by atoms with Crippen molar-refractivity contribution >= 4 is 11.9 Å². The van der Waals surface area contributed by atoms with Gasteiger partial charge in [0.15, 0.2) is 0 Å². The lowest BCUT2D eigenvalue weighted by atomic mass is 10.0. The lowest BCUT2D eigenvalue weighted by molar-refractivity contribution is -0.142. The normalized spacial score (nSPS) is 22.6. The van der Waals surface area contributed by atoms with Crippen molar-refractivity contribution in [1.82, 2.24) is 4.90 Å². The highest BCUT2D eigenvalue weighted by Gasteiger charge is 2.43. The quantitative estimate of drug-likeness (QED) is 0.824. The van der Waals surface area contributed by atoms with Crippen LogP contribution in [0.2, 0.25) is 0 Å². The molecule has 1 saturated heterocycles. The first kappa shape index (κ1) is 13.4. The molecule has 1 unspecified atom stereocenters. The number of nitrogens with two attached hydrogens (primary N) is 1. The molecule has 1 aromatic carbocycles. The first-order valence-corrected chi connectivity index (χ1v) is 5.60. The molecule has 102 valence electrons. The predicted octanol–water partition coefficient (Wildman–Crippen LogP) is 0.593. The number of benzene rings is 1. The molecule has 0 aliphatic carbocycles. The van der Waals surface area contributed by atoms with E-state index in [9.17, 15) is 18.4 Å². The van der Waals surface area contributed by atoms with Gasteiger partial charge in [-0.2, -0.15) is 0 Å². The highest BCUT2D eigenvalue weighted by atomic mass is 19.1. The lowest BCUT2D eigenvalue weighted by Gasteiger charge is -2.20. The fourth-order valence-electron chi connectivity index (χ4n) is 2.01. The molecule has 1 aromatic rings. The zero-order valence-corrected chi connectivity index (χ0v) is 9.90. The van der Waals surface area contributed by atoms with E-state index in [1.165, 1.54) is 0 Å². The second-order valence-corrected chi connectivity index (χ2v) is 4.56. The van der Waals surface area contributed by atoms with Crippen LogP contribution in [0.15, 0.2) is 18.2 Å². The first-order valence-electron chi connectivity index (χ1n) is 5.60. The molecule has 0 radical (unpaired) electrons. The molecule has 0 bridgehead atoms. The number of hydrogen-bond acceptors (Lipinski definition) is 3. The summed E-state index contributed by atoms with van der Waals surface area (Å²) in [5, 5.41) is 8.94. The Balaban J connectivity index is 2.22. The summed E-state index contributed by atoms with van der Waals surface area (Å²) in [6.45, 7) is -0.130. The second kappa shape index (κ2) is 4.58. The van der Waals surface area contributed by atoms with Crippen LogP contribution in [0.25, 0.3) is 0 Å². The molecule has 1 fully saturated rings. The van der Waals surface area contributed by atoms with E-state index in [1.807, 2.05) is 0 Å². The van der Waals surface area contributed by atoms with Gasteiger partial charge in [0.2, 0.25) is 0 Å². The van der Waals surface area contributed by atoms with Gasteiger partial charge in [0, 0.05) is 13.1 Å². The topological polar surface area (TPSA) is 83.6 Å². The lowest BCUT2D eigenvalue weighted by Crippen LogP contribution is -2.50. The summed E-state index contributed by atoms with van der Waals surface area (Å²) in [6, 6.07) is 2.54. The number of carbonyl (C=O) groups is 2. The Morgan fingerprint density at radius 1 is 1.37 bits per heavy atom. The van der Waals surface area contributed by atoms with Gasteiger partial charge in [-0.25, -0.2) is 8.78 Å². The van der Waals surface area contributed by atoms with Crippen molar-refractivity contribution < 1.29 is 23.5 Å². The van der Waals surface area contributed by atoms with E-state index in [0.29, 0.717) is 0 Å². The number of carboxylic acid groups (broad SMARTS) is 1. The SMILES string of the molecule is NC1(C(=O)O)CCN(C(=O)c2cc(F)ccc2F)C1. The van der Waals surface area contributed by atoms with Crippen molar-refractivity contribution in [3.63, 3.8) is 0 Å². The van der Waals surface area contributed by atoms with Crippen molar-refractivity contribution in [2.24, 2.45) is 5.73 Å². The molecule has 1 atom stereocenters. The zero-order valence-electron chi connectivity index (χ0n) is 9.90. The number of hydrogen-bond donors (Lipinski definition) is 2. The van der Waals surface area contributed by atoms with Crippen molar-refractivity contribution in [1.29, 1.82) is 0 Å². The highest BCUT2D eigenvalue weighted by Crippen LogP contribution is 2.22. The van der Waals surface area contributed by atoms with Crippen molar-refractivity contribution in [2.45, 2.75) is 12.0 Å². The van der Waals surface area contributed by atoms with Crippen molar-refractivity contribution in [2.75, 3.05) is 13.1 Å². The number of aliphatic carboxylic acids is 1. The first-order chi connectivity index (χ1) is 8.83. The fraction of sp³-hybridized carbons (Fsp3) is 0.333. The van der Waals surface area contributed by atoms with E-state index in [2.05, 4.69) is 0 Å². The van der Waals surface area contributed by atoms with E-state index < -0.39 is 34.6 Å². The Morgan fingerprint density at radius 2 is 2.05 bits per heavy atom. The maximum atomic E-state index is 13.5. The maximum Gasteiger partial charge on any atom is 0.325 e. The van der Waals surface area contributed by atoms with Gasteiger partial charge in [-0.1, -0.05) is 0 Å². The molecule has 7 heteroatoms. The largest absolute Gasteiger partial charge is 0.480 e. The van der Waals surface area contributed by atoms with Crippen LogP contribution in [0.5, 0.6) is 0 Å². The smallest absolute Gasteiger partial charge is 0.325 e. The third-order valence-corrected chi connectivity index (χ3v) is 3.17. The van der Waals surface area contributed by atoms with Crippen LogP contribution in [0.4, 0.5) is 8.78 Å². The minimum absolute atomic E-state index is 0.0744. The van der Waals surface area contributed by atoms with Crippen LogP contribution < -0.4 is 5.73 Å². The zero-order chi connectivity index (χ0) is 14.2. The van der Waals surface area contributed by atoms with Crippen LogP contribution in [0.1, 0.15) is 16.8 Å². The van der Waals surface area contributed by atoms with E-state index in [4.69, 9.17) is 10.8 Å². The minimum atomic E-state index is -1.53. The molecule has 0 spiro atoms. The third kappa shape index (κ3) is 2.41. The van der Waals surface area contributed by atoms with Crippen LogP contribution in [0.3, 0.4) is 0 Å². The Labute approximate surface area is 107 Å². The fourth-order valence-corrected chi connectivity index (χ4v) is 2.01. The summed E-state index contributed by atoms with van der Waals surface area (Å²) < 4.78 is 26.5. The van der Waals surface area contributed by atoms with E-state index >= 15 is 0 Å². The maximum absolute atomic E-state index is 13.5.